The first-order valence-electron chi connectivity index (χ1n) is 11.2. The predicted molar refractivity (Wildman–Crippen MR) is 118 cm³/mol. The molecule has 0 bridgehead atoms. The molecule has 0 amide bonds. The van der Waals surface area contributed by atoms with E-state index in [0.29, 0.717) is 0 Å². The fourth-order valence-electron chi connectivity index (χ4n) is 3.07. The standard InChI is InChI=1S/C23H42O3Si/c1-4-7-15-20-24-27(25-21-16-8-5-2,26-22-17-9-6-3)23-18-13-11-10-12-14-19-23/h10-13,18H,4-9,14-17,19-22H2,1-3H3. The van der Waals surface area contributed by atoms with Crippen molar-refractivity contribution in [3.63, 3.8) is 0 Å². The molecule has 27 heavy (non-hydrogen) atoms. The molecule has 0 spiro atoms. The van der Waals surface area contributed by atoms with Gasteiger partial charge in [0.1, 0.15) is 0 Å². The lowest BCUT2D eigenvalue weighted by atomic mass is 10.2. The van der Waals surface area contributed by atoms with Crippen molar-refractivity contribution in [1.29, 1.82) is 0 Å². The Morgan fingerprint density at radius 1 is 0.704 bits per heavy atom. The van der Waals surface area contributed by atoms with E-state index in [9.17, 15) is 0 Å². The molecule has 0 heterocycles. The van der Waals surface area contributed by atoms with Gasteiger partial charge in [0.25, 0.3) is 0 Å². The highest BCUT2D eigenvalue weighted by molar-refractivity contribution is 6.68. The zero-order valence-electron chi connectivity index (χ0n) is 18.0. The molecule has 0 N–H and O–H groups in total. The second-order valence-electron chi connectivity index (χ2n) is 7.27. The quantitative estimate of drug-likeness (QED) is 0.210. The molecule has 0 radical (unpaired) electrons. The van der Waals surface area contributed by atoms with E-state index in [1.165, 1.54) is 43.7 Å². The Kier molecular flexibility index (Phi) is 14.7. The molecule has 0 aliphatic heterocycles. The van der Waals surface area contributed by atoms with Crippen molar-refractivity contribution in [3.05, 3.63) is 35.6 Å². The summed E-state index contributed by atoms with van der Waals surface area (Å²) in [5.74, 6) is 0. The monoisotopic (exact) mass is 394 g/mol. The van der Waals surface area contributed by atoms with Crippen molar-refractivity contribution in [2.75, 3.05) is 19.8 Å². The van der Waals surface area contributed by atoms with E-state index in [4.69, 9.17) is 13.3 Å². The van der Waals surface area contributed by atoms with E-state index in [2.05, 4.69) is 51.2 Å². The maximum atomic E-state index is 6.50. The molecule has 0 aromatic heterocycles. The first kappa shape index (κ1) is 24.4. The van der Waals surface area contributed by atoms with Gasteiger partial charge in [-0.3, -0.25) is 0 Å². The third-order valence-electron chi connectivity index (χ3n) is 4.75. The third-order valence-corrected chi connectivity index (χ3v) is 7.70. The van der Waals surface area contributed by atoms with Crippen LogP contribution >= 0.6 is 0 Å². The highest BCUT2D eigenvalue weighted by atomic mass is 28.4. The average Bonchev–Trinajstić information content (AvgIpc) is 2.65. The topological polar surface area (TPSA) is 27.7 Å². The van der Waals surface area contributed by atoms with Gasteiger partial charge in [-0.1, -0.05) is 89.7 Å². The van der Waals surface area contributed by atoms with E-state index in [1.807, 2.05) is 0 Å². The highest BCUT2D eigenvalue weighted by Crippen LogP contribution is 2.27. The molecular formula is C23H42O3Si. The largest absolute Gasteiger partial charge is 0.533 e. The van der Waals surface area contributed by atoms with E-state index in [0.717, 1.165) is 51.9 Å². The van der Waals surface area contributed by atoms with Crippen LogP contribution in [-0.2, 0) is 13.3 Å². The number of allylic oxidation sites excluding steroid dienone is 6. The number of hydrogen-bond acceptors (Lipinski definition) is 3. The lowest BCUT2D eigenvalue weighted by Crippen LogP contribution is -2.49. The van der Waals surface area contributed by atoms with Gasteiger partial charge >= 0.3 is 8.80 Å². The fourth-order valence-corrected chi connectivity index (χ4v) is 5.86. The summed E-state index contributed by atoms with van der Waals surface area (Å²) in [6.45, 7) is 8.88. The molecule has 0 fully saturated rings. The number of hydrogen-bond donors (Lipinski definition) is 0. The molecular weight excluding hydrogens is 352 g/mol. The molecule has 0 atom stereocenters. The van der Waals surface area contributed by atoms with Crippen LogP contribution in [0.5, 0.6) is 0 Å². The molecule has 4 heteroatoms. The molecule has 1 rings (SSSR count). The van der Waals surface area contributed by atoms with E-state index >= 15 is 0 Å². The maximum absolute atomic E-state index is 6.50. The molecule has 0 saturated heterocycles. The van der Waals surface area contributed by atoms with Crippen LogP contribution in [0, 0.1) is 0 Å². The summed E-state index contributed by atoms with van der Waals surface area (Å²) in [5.41, 5.74) is 0. The van der Waals surface area contributed by atoms with E-state index < -0.39 is 8.80 Å². The van der Waals surface area contributed by atoms with Crippen molar-refractivity contribution in [1.82, 2.24) is 0 Å². The summed E-state index contributed by atoms with van der Waals surface area (Å²) >= 11 is 0. The van der Waals surface area contributed by atoms with Crippen molar-refractivity contribution in [2.45, 2.75) is 91.4 Å². The van der Waals surface area contributed by atoms with Gasteiger partial charge in [0.05, 0.1) is 0 Å². The van der Waals surface area contributed by atoms with Gasteiger partial charge in [0.15, 0.2) is 0 Å². The van der Waals surface area contributed by atoms with Crippen LogP contribution in [0.3, 0.4) is 0 Å². The van der Waals surface area contributed by atoms with Crippen LogP contribution in [0.4, 0.5) is 0 Å². The molecule has 1 aliphatic rings. The summed E-state index contributed by atoms with van der Waals surface area (Å²) in [6.07, 6.45) is 23.1. The Balaban J connectivity index is 2.91. The lowest BCUT2D eigenvalue weighted by Gasteiger charge is -2.32. The van der Waals surface area contributed by atoms with Gasteiger partial charge < -0.3 is 13.3 Å². The van der Waals surface area contributed by atoms with Gasteiger partial charge in [0, 0.05) is 25.0 Å². The Hall–Kier alpha value is -0.683. The van der Waals surface area contributed by atoms with Crippen LogP contribution in [0.15, 0.2) is 35.6 Å². The van der Waals surface area contributed by atoms with Crippen molar-refractivity contribution < 1.29 is 13.3 Å². The molecule has 3 nitrogen and oxygen atoms in total. The summed E-state index contributed by atoms with van der Waals surface area (Å²) in [5, 5.41) is 1.24. The third kappa shape index (κ3) is 10.4. The van der Waals surface area contributed by atoms with Crippen LogP contribution in [0.25, 0.3) is 0 Å². The van der Waals surface area contributed by atoms with Crippen molar-refractivity contribution >= 4 is 8.80 Å². The Labute approximate surface area is 169 Å². The summed E-state index contributed by atoms with van der Waals surface area (Å²) in [4.78, 5) is 0. The van der Waals surface area contributed by atoms with Gasteiger partial charge in [-0.15, -0.1) is 0 Å². The van der Waals surface area contributed by atoms with Gasteiger partial charge in [-0.25, -0.2) is 0 Å². The molecule has 0 aromatic carbocycles. The first-order valence-corrected chi connectivity index (χ1v) is 13.0. The number of rotatable bonds is 16. The predicted octanol–water partition coefficient (Wildman–Crippen LogP) is 6.92. The zero-order chi connectivity index (χ0) is 19.6. The Morgan fingerprint density at radius 2 is 1.22 bits per heavy atom. The number of unbranched alkanes of at least 4 members (excludes halogenated alkanes) is 6. The smallest absolute Gasteiger partial charge is 0.370 e. The summed E-state index contributed by atoms with van der Waals surface area (Å²) in [6, 6.07) is 0. The summed E-state index contributed by atoms with van der Waals surface area (Å²) in [7, 11) is -2.82. The van der Waals surface area contributed by atoms with Crippen LogP contribution < -0.4 is 0 Å². The van der Waals surface area contributed by atoms with Crippen LogP contribution in [-0.4, -0.2) is 28.6 Å². The van der Waals surface area contributed by atoms with Crippen LogP contribution in [0.2, 0.25) is 0 Å². The minimum Gasteiger partial charge on any atom is -0.370 e. The van der Waals surface area contributed by atoms with Crippen LogP contribution in [0.1, 0.15) is 91.4 Å². The lowest BCUT2D eigenvalue weighted by molar-refractivity contribution is 0.0634. The van der Waals surface area contributed by atoms with Gasteiger partial charge in [0.2, 0.25) is 0 Å². The zero-order valence-corrected chi connectivity index (χ0v) is 19.0. The first-order chi connectivity index (χ1) is 13.3. The average molecular weight is 395 g/mol. The van der Waals surface area contributed by atoms with Crippen molar-refractivity contribution in [2.24, 2.45) is 0 Å². The minimum atomic E-state index is -2.82. The maximum Gasteiger partial charge on any atom is 0.533 e. The molecule has 0 aromatic rings. The highest BCUT2D eigenvalue weighted by Gasteiger charge is 2.45. The Bertz CT molecular complexity index is 412. The molecule has 0 unspecified atom stereocenters. The molecule has 1 aliphatic carbocycles. The molecule has 156 valence electrons. The van der Waals surface area contributed by atoms with Gasteiger partial charge in [-0.05, 0) is 32.1 Å². The van der Waals surface area contributed by atoms with E-state index in [-0.39, 0.29) is 0 Å². The van der Waals surface area contributed by atoms with Gasteiger partial charge in [-0.2, -0.15) is 0 Å². The minimum absolute atomic E-state index is 0.735. The second-order valence-corrected chi connectivity index (χ2v) is 9.89. The summed E-state index contributed by atoms with van der Waals surface area (Å²) < 4.78 is 19.5. The van der Waals surface area contributed by atoms with Crippen molar-refractivity contribution in [3.8, 4) is 0 Å². The fraction of sp³-hybridized carbons (Fsp3) is 0.739. The SMILES string of the molecule is CCCCCO[Si](OCCCCC)(OCCCCC)C1=CC=CC=CCC1. The molecule has 0 saturated carbocycles. The second kappa shape index (κ2) is 16.3. The normalized spacial score (nSPS) is 14.9. The Morgan fingerprint density at radius 3 is 1.70 bits per heavy atom. The van der Waals surface area contributed by atoms with E-state index in [1.54, 1.807) is 0 Å².